The van der Waals surface area contributed by atoms with E-state index in [4.69, 9.17) is 11.6 Å². The molecule has 0 bridgehead atoms. The van der Waals surface area contributed by atoms with Gasteiger partial charge in [-0.2, -0.15) is 5.10 Å². The number of hydrogen-bond acceptors (Lipinski definition) is 3. The van der Waals surface area contributed by atoms with Gasteiger partial charge in [-0.3, -0.25) is 9.48 Å². The van der Waals surface area contributed by atoms with Crippen molar-refractivity contribution in [2.75, 3.05) is 31.1 Å². The Bertz CT molecular complexity index is 689. The van der Waals surface area contributed by atoms with Crippen molar-refractivity contribution < 1.29 is 4.79 Å². The first-order valence-corrected chi connectivity index (χ1v) is 7.73. The number of hydrogen-bond donors (Lipinski definition) is 0. The summed E-state index contributed by atoms with van der Waals surface area (Å²) < 4.78 is 1.73. The van der Waals surface area contributed by atoms with E-state index < -0.39 is 0 Å². The quantitative estimate of drug-likeness (QED) is 0.853. The van der Waals surface area contributed by atoms with E-state index in [1.165, 1.54) is 0 Å². The Morgan fingerprint density at radius 1 is 1.18 bits per heavy atom. The van der Waals surface area contributed by atoms with E-state index in [9.17, 15) is 4.79 Å². The lowest BCUT2D eigenvalue weighted by molar-refractivity contribution is 0.0746. The highest BCUT2D eigenvalue weighted by molar-refractivity contribution is 6.33. The normalized spacial score (nSPS) is 15.2. The molecule has 1 aromatic heterocycles. The molecule has 0 aliphatic carbocycles. The largest absolute Gasteiger partial charge is 0.367 e. The maximum atomic E-state index is 12.6. The third-order valence-corrected chi connectivity index (χ3v) is 4.55. The van der Waals surface area contributed by atoms with Gasteiger partial charge >= 0.3 is 0 Å². The summed E-state index contributed by atoms with van der Waals surface area (Å²) in [5, 5.41) is 4.90. The number of nitrogens with zero attached hydrogens (tertiary/aromatic N) is 4. The molecule has 1 aliphatic rings. The Labute approximate surface area is 135 Å². The van der Waals surface area contributed by atoms with Crippen LogP contribution in [0.5, 0.6) is 0 Å². The number of piperazine rings is 1. The lowest BCUT2D eigenvalue weighted by Gasteiger charge is -2.36. The van der Waals surface area contributed by atoms with E-state index in [2.05, 4.69) is 10.00 Å². The predicted molar refractivity (Wildman–Crippen MR) is 87.5 cm³/mol. The van der Waals surface area contributed by atoms with Crippen molar-refractivity contribution in [2.45, 2.75) is 6.92 Å². The van der Waals surface area contributed by atoms with E-state index in [1.54, 1.807) is 10.9 Å². The Balaban J connectivity index is 1.68. The first-order chi connectivity index (χ1) is 10.6. The Morgan fingerprint density at radius 2 is 1.86 bits per heavy atom. The minimum atomic E-state index is 0.0596. The van der Waals surface area contributed by atoms with Gasteiger partial charge in [0, 0.05) is 38.9 Å². The molecule has 0 radical (unpaired) electrons. The zero-order valence-electron chi connectivity index (χ0n) is 12.8. The van der Waals surface area contributed by atoms with Gasteiger partial charge in [-0.1, -0.05) is 23.7 Å². The van der Waals surface area contributed by atoms with Gasteiger partial charge < -0.3 is 9.80 Å². The molecule has 0 N–H and O–H groups in total. The number of aryl methyl sites for hydroxylation is 1. The van der Waals surface area contributed by atoms with Crippen LogP contribution in [0.3, 0.4) is 0 Å². The molecule has 116 valence electrons. The van der Waals surface area contributed by atoms with Gasteiger partial charge in [-0.25, -0.2) is 0 Å². The van der Waals surface area contributed by atoms with E-state index in [0.29, 0.717) is 18.7 Å². The molecule has 0 unspecified atom stereocenters. The molecular formula is C16H19ClN4O. The van der Waals surface area contributed by atoms with Gasteiger partial charge in [-0.05, 0) is 19.1 Å². The Hall–Kier alpha value is -2.01. The van der Waals surface area contributed by atoms with Crippen LogP contribution in [0.1, 0.15) is 16.1 Å². The highest BCUT2D eigenvalue weighted by Crippen LogP contribution is 2.26. The second-order valence-electron chi connectivity index (χ2n) is 5.50. The predicted octanol–water partition coefficient (Wildman–Crippen LogP) is 2.34. The molecule has 0 atom stereocenters. The van der Waals surface area contributed by atoms with E-state index in [1.807, 2.05) is 43.1 Å². The standard InChI is InChI=1S/C16H19ClN4O/c1-12-13(11-18-19(12)2)16(22)21-9-7-20(8-10-21)15-6-4-3-5-14(15)17/h3-6,11H,7-10H2,1-2H3. The van der Waals surface area contributed by atoms with E-state index >= 15 is 0 Å². The number of benzene rings is 1. The van der Waals surface area contributed by atoms with Gasteiger partial charge in [0.15, 0.2) is 0 Å². The molecule has 3 rings (SSSR count). The Kier molecular flexibility index (Phi) is 4.07. The summed E-state index contributed by atoms with van der Waals surface area (Å²) in [5.41, 5.74) is 2.63. The SMILES string of the molecule is Cc1c(C(=O)N2CCN(c3ccccc3Cl)CC2)cnn1C. The molecule has 1 aliphatic heterocycles. The molecule has 2 aromatic rings. The number of halogens is 1. The molecule has 0 spiro atoms. The average Bonchev–Trinajstić information content (AvgIpc) is 2.87. The smallest absolute Gasteiger partial charge is 0.257 e. The molecule has 1 saturated heterocycles. The third kappa shape index (κ3) is 2.68. The fourth-order valence-electron chi connectivity index (χ4n) is 2.74. The second-order valence-corrected chi connectivity index (χ2v) is 5.91. The minimum Gasteiger partial charge on any atom is -0.367 e. The molecule has 1 fully saturated rings. The van der Waals surface area contributed by atoms with Crippen LogP contribution in [0.2, 0.25) is 5.02 Å². The van der Waals surface area contributed by atoms with E-state index in [-0.39, 0.29) is 5.91 Å². The highest BCUT2D eigenvalue weighted by atomic mass is 35.5. The van der Waals surface area contributed by atoms with Gasteiger partial charge in [0.25, 0.3) is 5.91 Å². The van der Waals surface area contributed by atoms with Crippen molar-refractivity contribution in [3.05, 3.63) is 46.7 Å². The van der Waals surface area contributed by atoms with Gasteiger partial charge in [-0.15, -0.1) is 0 Å². The molecular weight excluding hydrogens is 300 g/mol. The van der Waals surface area contributed by atoms with Gasteiger partial charge in [0.2, 0.25) is 0 Å². The van der Waals surface area contributed by atoms with Crippen LogP contribution in [0.25, 0.3) is 0 Å². The molecule has 22 heavy (non-hydrogen) atoms. The number of rotatable bonds is 2. The molecule has 0 saturated carbocycles. The van der Waals surface area contributed by atoms with Crippen LogP contribution in [0.15, 0.2) is 30.5 Å². The number of para-hydroxylation sites is 1. The zero-order chi connectivity index (χ0) is 15.7. The maximum Gasteiger partial charge on any atom is 0.257 e. The second kappa shape index (κ2) is 6.01. The molecule has 1 amide bonds. The van der Waals surface area contributed by atoms with E-state index in [0.717, 1.165) is 29.5 Å². The molecule has 6 heteroatoms. The van der Waals surface area contributed by atoms with Crippen LogP contribution < -0.4 is 4.90 Å². The first-order valence-electron chi connectivity index (χ1n) is 7.35. The van der Waals surface area contributed by atoms with Crippen LogP contribution >= 0.6 is 11.6 Å². The van der Waals surface area contributed by atoms with Crippen LogP contribution in [0, 0.1) is 6.92 Å². The third-order valence-electron chi connectivity index (χ3n) is 4.23. The number of anilines is 1. The number of amides is 1. The summed E-state index contributed by atoms with van der Waals surface area (Å²) >= 11 is 6.24. The summed E-state index contributed by atoms with van der Waals surface area (Å²) in [6, 6.07) is 7.83. The summed E-state index contributed by atoms with van der Waals surface area (Å²) in [5.74, 6) is 0.0596. The fourth-order valence-corrected chi connectivity index (χ4v) is 2.99. The lowest BCUT2D eigenvalue weighted by atomic mass is 10.2. The summed E-state index contributed by atoms with van der Waals surface area (Å²) in [6.45, 7) is 4.88. The topological polar surface area (TPSA) is 41.4 Å². The van der Waals surface area contributed by atoms with Gasteiger partial charge in [0.05, 0.1) is 22.5 Å². The van der Waals surface area contributed by atoms with Crippen molar-refractivity contribution in [1.29, 1.82) is 0 Å². The maximum absolute atomic E-state index is 12.6. The number of carbonyl (C=O) groups excluding carboxylic acids is 1. The van der Waals surface area contributed by atoms with Crippen molar-refractivity contribution in [1.82, 2.24) is 14.7 Å². The summed E-state index contributed by atoms with van der Waals surface area (Å²) in [7, 11) is 1.85. The summed E-state index contributed by atoms with van der Waals surface area (Å²) in [4.78, 5) is 16.7. The van der Waals surface area contributed by atoms with Crippen LogP contribution in [0.4, 0.5) is 5.69 Å². The van der Waals surface area contributed by atoms with Crippen molar-refractivity contribution >= 4 is 23.2 Å². The van der Waals surface area contributed by atoms with Crippen molar-refractivity contribution in [3.8, 4) is 0 Å². The Morgan fingerprint density at radius 3 is 2.45 bits per heavy atom. The first kappa shape index (κ1) is 14.9. The summed E-state index contributed by atoms with van der Waals surface area (Å²) in [6.07, 6.45) is 1.65. The zero-order valence-corrected chi connectivity index (χ0v) is 13.5. The molecule has 5 nitrogen and oxygen atoms in total. The van der Waals surface area contributed by atoms with Crippen molar-refractivity contribution in [3.63, 3.8) is 0 Å². The average molecular weight is 319 g/mol. The van der Waals surface area contributed by atoms with Crippen LogP contribution in [-0.2, 0) is 7.05 Å². The lowest BCUT2D eigenvalue weighted by Crippen LogP contribution is -2.49. The minimum absolute atomic E-state index is 0.0596. The monoisotopic (exact) mass is 318 g/mol. The van der Waals surface area contributed by atoms with Gasteiger partial charge in [0.1, 0.15) is 0 Å². The fraction of sp³-hybridized carbons (Fsp3) is 0.375. The highest BCUT2D eigenvalue weighted by Gasteiger charge is 2.25. The van der Waals surface area contributed by atoms with Crippen molar-refractivity contribution in [2.24, 2.45) is 7.05 Å². The molecule has 2 heterocycles. The number of carbonyl (C=O) groups is 1. The van der Waals surface area contributed by atoms with Crippen LogP contribution in [-0.4, -0.2) is 46.8 Å². The number of aromatic nitrogens is 2. The molecule has 1 aromatic carbocycles.